The van der Waals surface area contributed by atoms with Gasteiger partial charge in [-0.1, -0.05) is 42.3 Å². The SMILES string of the molecule is C/C=C(/NC(=O)c1ncc(Cl)cc1Cl)c1cc(C(F)(F)F)ccc1CC. The van der Waals surface area contributed by atoms with E-state index in [2.05, 4.69) is 10.3 Å². The van der Waals surface area contributed by atoms with Crippen LogP contribution < -0.4 is 5.32 Å². The minimum atomic E-state index is -4.48. The molecule has 1 amide bonds. The maximum atomic E-state index is 13.0. The quantitative estimate of drug-likeness (QED) is 0.705. The number of carbonyl (C=O) groups excluding carboxylic acids is 1. The Morgan fingerprint density at radius 3 is 2.50 bits per heavy atom. The number of nitrogens with zero attached hydrogens (tertiary/aromatic N) is 1. The minimum Gasteiger partial charge on any atom is -0.320 e. The molecule has 0 saturated heterocycles. The number of allylic oxidation sites excluding steroid dienone is 1. The predicted octanol–water partition coefficient (Wildman–Crippen LogP) is 5.76. The van der Waals surface area contributed by atoms with Crippen molar-refractivity contribution in [2.45, 2.75) is 26.4 Å². The number of amides is 1. The fraction of sp³-hybridized carbons (Fsp3) is 0.222. The summed E-state index contributed by atoms with van der Waals surface area (Å²) in [6, 6.07) is 4.81. The first-order valence-corrected chi connectivity index (χ1v) is 8.42. The lowest BCUT2D eigenvalue weighted by Crippen LogP contribution is -2.24. The Balaban J connectivity index is 2.41. The molecule has 138 valence electrons. The van der Waals surface area contributed by atoms with Crippen molar-refractivity contribution >= 4 is 34.8 Å². The Morgan fingerprint density at radius 2 is 1.96 bits per heavy atom. The maximum Gasteiger partial charge on any atom is 0.416 e. The minimum absolute atomic E-state index is 0.0465. The molecular formula is C18H15Cl2F3N2O. The van der Waals surface area contributed by atoms with Crippen LogP contribution in [0, 0.1) is 0 Å². The summed E-state index contributed by atoms with van der Waals surface area (Å²) >= 11 is 11.7. The summed E-state index contributed by atoms with van der Waals surface area (Å²) in [5.41, 5.74) is 0.344. The second-order valence-corrected chi connectivity index (χ2v) is 6.21. The van der Waals surface area contributed by atoms with E-state index in [-0.39, 0.29) is 21.4 Å². The Morgan fingerprint density at radius 1 is 1.27 bits per heavy atom. The molecule has 0 aliphatic carbocycles. The third kappa shape index (κ3) is 4.56. The third-order valence-electron chi connectivity index (χ3n) is 3.67. The van der Waals surface area contributed by atoms with E-state index in [0.29, 0.717) is 17.5 Å². The van der Waals surface area contributed by atoms with E-state index in [4.69, 9.17) is 23.2 Å². The van der Waals surface area contributed by atoms with Crippen molar-refractivity contribution in [2.75, 3.05) is 0 Å². The van der Waals surface area contributed by atoms with Gasteiger partial charge in [0.05, 0.1) is 15.6 Å². The molecular weight excluding hydrogens is 388 g/mol. The van der Waals surface area contributed by atoms with Crippen LogP contribution >= 0.6 is 23.2 Å². The number of aromatic nitrogens is 1. The standard InChI is InChI=1S/C18H15Cl2F3N2O/c1-3-10-5-6-11(18(21,22)23)7-13(10)15(4-2)25-17(26)16-14(20)8-12(19)9-24-16/h4-9H,3H2,1-2H3,(H,25,26)/b15-4+. The Kier molecular flexibility index (Phi) is 6.31. The maximum absolute atomic E-state index is 13.0. The zero-order valence-corrected chi connectivity index (χ0v) is 15.4. The summed E-state index contributed by atoms with van der Waals surface area (Å²) < 4.78 is 39.1. The number of nitrogens with one attached hydrogen (secondary N) is 1. The predicted molar refractivity (Wildman–Crippen MR) is 96.2 cm³/mol. The van der Waals surface area contributed by atoms with Crippen LogP contribution in [0.25, 0.3) is 5.70 Å². The van der Waals surface area contributed by atoms with Crippen molar-refractivity contribution in [3.8, 4) is 0 Å². The van der Waals surface area contributed by atoms with Gasteiger partial charge >= 0.3 is 6.18 Å². The Hall–Kier alpha value is -2.05. The molecule has 0 aliphatic rings. The second kappa shape index (κ2) is 8.10. The van der Waals surface area contributed by atoms with Gasteiger partial charge in [0.25, 0.3) is 5.91 Å². The number of carbonyl (C=O) groups is 1. The Labute approximate surface area is 158 Å². The summed E-state index contributed by atoms with van der Waals surface area (Å²) in [6.07, 6.45) is -1.19. The molecule has 2 aromatic rings. The summed E-state index contributed by atoms with van der Waals surface area (Å²) in [7, 11) is 0. The molecule has 8 heteroatoms. The number of aryl methyl sites for hydroxylation is 1. The fourth-order valence-electron chi connectivity index (χ4n) is 2.37. The zero-order valence-electron chi connectivity index (χ0n) is 13.9. The van der Waals surface area contributed by atoms with Crippen molar-refractivity contribution in [1.82, 2.24) is 10.3 Å². The van der Waals surface area contributed by atoms with Crippen molar-refractivity contribution in [3.63, 3.8) is 0 Å². The van der Waals surface area contributed by atoms with Crippen LogP contribution in [-0.4, -0.2) is 10.9 Å². The number of alkyl halides is 3. The highest BCUT2D eigenvalue weighted by molar-refractivity contribution is 6.36. The van der Waals surface area contributed by atoms with Gasteiger partial charge in [-0.05, 0) is 37.1 Å². The van der Waals surface area contributed by atoms with E-state index in [0.717, 1.165) is 12.1 Å². The first-order chi connectivity index (χ1) is 12.2. The van der Waals surface area contributed by atoms with Crippen LogP contribution in [0.1, 0.15) is 41.0 Å². The molecule has 0 atom stereocenters. The van der Waals surface area contributed by atoms with Crippen molar-refractivity contribution in [2.24, 2.45) is 0 Å². The second-order valence-electron chi connectivity index (χ2n) is 5.36. The van der Waals surface area contributed by atoms with Gasteiger partial charge in [-0.25, -0.2) is 4.98 Å². The molecule has 0 unspecified atom stereocenters. The summed E-state index contributed by atoms with van der Waals surface area (Å²) in [5, 5.41) is 2.89. The summed E-state index contributed by atoms with van der Waals surface area (Å²) in [6.45, 7) is 3.44. The van der Waals surface area contributed by atoms with Crippen molar-refractivity contribution in [3.05, 3.63) is 69.0 Å². The van der Waals surface area contributed by atoms with E-state index in [1.54, 1.807) is 6.92 Å². The van der Waals surface area contributed by atoms with E-state index >= 15 is 0 Å². The van der Waals surface area contributed by atoms with Gasteiger partial charge in [-0.3, -0.25) is 4.79 Å². The molecule has 0 spiro atoms. The number of benzene rings is 1. The first-order valence-electron chi connectivity index (χ1n) is 7.66. The highest BCUT2D eigenvalue weighted by Crippen LogP contribution is 2.32. The van der Waals surface area contributed by atoms with Crippen molar-refractivity contribution < 1.29 is 18.0 Å². The van der Waals surface area contributed by atoms with Gasteiger partial charge in [0, 0.05) is 17.5 Å². The highest BCUT2D eigenvalue weighted by atomic mass is 35.5. The third-order valence-corrected chi connectivity index (χ3v) is 4.16. The molecule has 0 saturated carbocycles. The number of hydrogen-bond acceptors (Lipinski definition) is 2. The lowest BCUT2D eigenvalue weighted by molar-refractivity contribution is -0.137. The fourth-order valence-corrected chi connectivity index (χ4v) is 2.84. The zero-order chi connectivity index (χ0) is 19.5. The molecule has 0 fully saturated rings. The van der Waals surface area contributed by atoms with E-state index < -0.39 is 17.6 Å². The molecule has 2 rings (SSSR count). The van der Waals surface area contributed by atoms with Crippen LogP contribution in [-0.2, 0) is 12.6 Å². The van der Waals surface area contributed by atoms with Crippen molar-refractivity contribution in [1.29, 1.82) is 0 Å². The van der Waals surface area contributed by atoms with E-state index in [9.17, 15) is 18.0 Å². The molecule has 3 nitrogen and oxygen atoms in total. The van der Waals surface area contributed by atoms with E-state index in [1.807, 2.05) is 6.92 Å². The Bertz CT molecular complexity index is 864. The van der Waals surface area contributed by atoms with Crippen LogP contribution in [0.3, 0.4) is 0 Å². The molecule has 1 N–H and O–H groups in total. The van der Waals surface area contributed by atoms with Gasteiger partial charge in [-0.15, -0.1) is 0 Å². The van der Waals surface area contributed by atoms with Gasteiger partial charge in [0.2, 0.25) is 0 Å². The lowest BCUT2D eigenvalue weighted by Gasteiger charge is -2.16. The topological polar surface area (TPSA) is 42.0 Å². The number of pyridine rings is 1. The van der Waals surface area contributed by atoms with Crippen LogP contribution in [0.5, 0.6) is 0 Å². The molecule has 0 bridgehead atoms. The van der Waals surface area contributed by atoms with Crippen LogP contribution in [0.2, 0.25) is 10.0 Å². The van der Waals surface area contributed by atoms with E-state index in [1.165, 1.54) is 24.4 Å². The molecule has 0 radical (unpaired) electrons. The van der Waals surface area contributed by atoms with Gasteiger partial charge in [-0.2, -0.15) is 13.2 Å². The first kappa shape index (κ1) is 20.3. The largest absolute Gasteiger partial charge is 0.416 e. The molecule has 0 aliphatic heterocycles. The molecule has 1 aromatic carbocycles. The highest BCUT2D eigenvalue weighted by Gasteiger charge is 2.31. The molecule has 1 aromatic heterocycles. The molecule has 1 heterocycles. The van der Waals surface area contributed by atoms with Crippen LogP contribution in [0.15, 0.2) is 36.5 Å². The van der Waals surface area contributed by atoms with Gasteiger partial charge in [0.15, 0.2) is 0 Å². The van der Waals surface area contributed by atoms with Gasteiger partial charge in [0.1, 0.15) is 5.69 Å². The monoisotopic (exact) mass is 402 g/mol. The smallest absolute Gasteiger partial charge is 0.320 e. The molecule has 26 heavy (non-hydrogen) atoms. The summed E-state index contributed by atoms with van der Waals surface area (Å²) in [5.74, 6) is -0.640. The van der Waals surface area contributed by atoms with Crippen LogP contribution in [0.4, 0.5) is 13.2 Å². The van der Waals surface area contributed by atoms with Gasteiger partial charge < -0.3 is 5.32 Å². The number of hydrogen-bond donors (Lipinski definition) is 1. The average Bonchev–Trinajstić information content (AvgIpc) is 2.58. The lowest BCUT2D eigenvalue weighted by atomic mass is 9.98. The normalized spacial score (nSPS) is 12.2. The number of rotatable bonds is 4. The average molecular weight is 403 g/mol. The number of halogens is 5. The summed E-state index contributed by atoms with van der Waals surface area (Å²) in [4.78, 5) is 16.3.